The molecule has 1 heterocycles. The molecule has 1 fully saturated rings. The molecule has 0 aromatic carbocycles. The zero-order valence-electron chi connectivity index (χ0n) is 10.1. The van der Waals surface area contributed by atoms with Gasteiger partial charge in [0.15, 0.2) is 0 Å². The molecule has 5 heteroatoms. The maximum Gasteiger partial charge on any atom is 0.237 e. The van der Waals surface area contributed by atoms with E-state index in [4.69, 9.17) is 5.73 Å². The molecule has 1 amide bonds. The zero-order valence-corrected chi connectivity index (χ0v) is 10.9. The van der Waals surface area contributed by atoms with Gasteiger partial charge in [-0.05, 0) is 18.8 Å². The van der Waals surface area contributed by atoms with Crippen molar-refractivity contribution in [2.45, 2.75) is 45.2 Å². The first kappa shape index (κ1) is 13.6. The highest BCUT2D eigenvalue weighted by Crippen LogP contribution is 2.11. The summed E-state index contributed by atoms with van der Waals surface area (Å²) in [6.07, 6.45) is 2.53. The summed E-state index contributed by atoms with van der Waals surface area (Å²) in [7, 11) is -0.679. The van der Waals surface area contributed by atoms with Gasteiger partial charge in [0, 0.05) is 28.3 Å². The second kappa shape index (κ2) is 6.35. The largest absolute Gasteiger partial charge is 0.352 e. The van der Waals surface area contributed by atoms with Crippen LogP contribution in [0.3, 0.4) is 0 Å². The Bertz CT molecular complexity index is 261. The lowest BCUT2D eigenvalue weighted by atomic mass is 9.99. The van der Waals surface area contributed by atoms with Gasteiger partial charge >= 0.3 is 0 Å². The molecular weight excluding hydrogens is 224 g/mol. The molecule has 1 aliphatic heterocycles. The number of hydrogen-bond donors (Lipinski definition) is 2. The molecule has 0 radical (unpaired) electrons. The molecule has 0 aromatic rings. The van der Waals surface area contributed by atoms with E-state index in [1.165, 1.54) is 0 Å². The monoisotopic (exact) mass is 246 g/mol. The van der Waals surface area contributed by atoms with Gasteiger partial charge in [-0.3, -0.25) is 9.00 Å². The summed E-state index contributed by atoms with van der Waals surface area (Å²) >= 11 is 0. The Kier molecular flexibility index (Phi) is 5.41. The Balaban J connectivity index is 2.36. The van der Waals surface area contributed by atoms with Crippen LogP contribution in [-0.2, 0) is 15.6 Å². The highest BCUT2D eigenvalue weighted by molar-refractivity contribution is 7.85. The molecule has 1 aliphatic rings. The Morgan fingerprint density at radius 2 is 2.06 bits per heavy atom. The third-order valence-corrected chi connectivity index (χ3v) is 4.68. The summed E-state index contributed by atoms with van der Waals surface area (Å²) in [6, 6.07) is -0.252. The van der Waals surface area contributed by atoms with Crippen molar-refractivity contribution in [2.24, 2.45) is 11.7 Å². The standard InChI is InChI=1S/C11H22N2O2S/c1-3-8(2)10(12)11(14)13-9-4-6-16(15)7-5-9/h8-10H,3-7,12H2,1-2H3,(H,13,14)/t8-,9?,10-,16?/m0/s1. The van der Waals surface area contributed by atoms with Gasteiger partial charge in [0.2, 0.25) is 5.91 Å². The number of carbonyl (C=O) groups excluding carboxylic acids is 1. The Labute approximate surface area is 99.8 Å². The summed E-state index contributed by atoms with van der Waals surface area (Å²) in [5, 5.41) is 2.96. The van der Waals surface area contributed by atoms with E-state index in [-0.39, 0.29) is 17.9 Å². The topological polar surface area (TPSA) is 72.2 Å². The molecule has 0 spiro atoms. The van der Waals surface area contributed by atoms with Gasteiger partial charge in [-0.25, -0.2) is 0 Å². The summed E-state index contributed by atoms with van der Waals surface area (Å²) in [5.41, 5.74) is 5.84. The van der Waals surface area contributed by atoms with E-state index in [9.17, 15) is 9.00 Å². The fourth-order valence-electron chi connectivity index (χ4n) is 1.75. The van der Waals surface area contributed by atoms with Crippen molar-refractivity contribution in [3.05, 3.63) is 0 Å². The fraction of sp³-hybridized carbons (Fsp3) is 0.909. The van der Waals surface area contributed by atoms with E-state index in [1.807, 2.05) is 13.8 Å². The average molecular weight is 246 g/mol. The fourth-order valence-corrected chi connectivity index (χ4v) is 3.05. The number of hydrogen-bond acceptors (Lipinski definition) is 3. The third-order valence-electron chi connectivity index (χ3n) is 3.29. The van der Waals surface area contributed by atoms with E-state index < -0.39 is 16.8 Å². The van der Waals surface area contributed by atoms with Gasteiger partial charge in [0.25, 0.3) is 0 Å². The first-order valence-corrected chi connectivity index (χ1v) is 7.44. The minimum absolute atomic E-state index is 0.0629. The summed E-state index contributed by atoms with van der Waals surface area (Å²) < 4.78 is 11.2. The van der Waals surface area contributed by atoms with Crippen LogP contribution in [0.25, 0.3) is 0 Å². The maximum absolute atomic E-state index is 11.8. The lowest BCUT2D eigenvalue weighted by molar-refractivity contribution is -0.124. The van der Waals surface area contributed by atoms with E-state index in [0.29, 0.717) is 11.5 Å². The summed E-state index contributed by atoms with van der Waals surface area (Å²) in [6.45, 7) is 4.02. The first-order valence-electron chi connectivity index (χ1n) is 5.95. The molecule has 1 rings (SSSR count). The normalized spacial score (nSPS) is 29.4. The second-order valence-electron chi connectivity index (χ2n) is 4.54. The van der Waals surface area contributed by atoms with Crippen molar-refractivity contribution in [2.75, 3.05) is 11.5 Å². The van der Waals surface area contributed by atoms with Crippen LogP contribution in [0.5, 0.6) is 0 Å². The first-order chi connectivity index (χ1) is 7.54. The molecule has 0 aliphatic carbocycles. The molecule has 4 nitrogen and oxygen atoms in total. The molecule has 3 N–H and O–H groups in total. The quantitative estimate of drug-likeness (QED) is 0.753. The predicted octanol–water partition coefficient (Wildman–Crippen LogP) is 0.387. The molecule has 1 saturated heterocycles. The molecule has 94 valence electrons. The van der Waals surface area contributed by atoms with Crippen molar-refractivity contribution in [1.82, 2.24) is 5.32 Å². The lowest BCUT2D eigenvalue weighted by Gasteiger charge is -2.25. The van der Waals surface area contributed by atoms with Crippen LogP contribution in [0.1, 0.15) is 33.1 Å². The van der Waals surface area contributed by atoms with Crippen molar-refractivity contribution < 1.29 is 9.00 Å². The van der Waals surface area contributed by atoms with Crippen LogP contribution in [0.4, 0.5) is 0 Å². The van der Waals surface area contributed by atoms with Crippen molar-refractivity contribution in [3.63, 3.8) is 0 Å². The molecule has 0 aromatic heterocycles. The van der Waals surface area contributed by atoms with Gasteiger partial charge in [0.05, 0.1) is 6.04 Å². The molecule has 0 saturated carbocycles. The number of nitrogens with one attached hydrogen (secondary N) is 1. The van der Waals surface area contributed by atoms with Crippen LogP contribution in [0, 0.1) is 5.92 Å². The van der Waals surface area contributed by atoms with Gasteiger partial charge in [-0.15, -0.1) is 0 Å². The van der Waals surface area contributed by atoms with Gasteiger partial charge < -0.3 is 11.1 Å². The van der Waals surface area contributed by atoms with Crippen LogP contribution in [-0.4, -0.2) is 33.7 Å². The van der Waals surface area contributed by atoms with Crippen molar-refractivity contribution in [3.8, 4) is 0 Å². The van der Waals surface area contributed by atoms with Crippen LogP contribution in [0.2, 0.25) is 0 Å². The number of nitrogens with two attached hydrogens (primary N) is 1. The zero-order chi connectivity index (χ0) is 12.1. The van der Waals surface area contributed by atoms with Crippen LogP contribution >= 0.6 is 0 Å². The summed E-state index contributed by atoms with van der Waals surface area (Å²) in [4.78, 5) is 11.8. The highest BCUT2D eigenvalue weighted by Gasteiger charge is 2.24. The molecular formula is C11H22N2O2S. The second-order valence-corrected chi connectivity index (χ2v) is 6.24. The number of amides is 1. The van der Waals surface area contributed by atoms with E-state index in [2.05, 4.69) is 5.32 Å². The Morgan fingerprint density at radius 1 is 1.50 bits per heavy atom. The lowest BCUT2D eigenvalue weighted by Crippen LogP contribution is -2.49. The van der Waals surface area contributed by atoms with E-state index in [1.54, 1.807) is 0 Å². The molecule has 16 heavy (non-hydrogen) atoms. The van der Waals surface area contributed by atoms with Crippen LogP contribution < -0.4 is 11.1 Å². The van der Waals surface area contributed by atoms with Gasteiger partial charge in [-0.2, -0.15) is 0 Å². The molecule has 0 bridgehead atoms. The van der Waals surface area contributed by atoms with Crippen molar-refractivity contribution >= 4 is 16.7 Å². The summed E-state index contributed by atoms with van der Waals surface area (Å²) in [5.74, 6) is 1.54. The molecule has 2 atom stereocenters. The number of rotatable bonds is 4. The predicted molar refractivity (Wildman–Crippen MR) is 66.5 cm³/mol. The van der Waals surface area contributed by atoms with Crippen LogP contribution in [0.15, 0.2) is 0 Å². The maximum atomic E-state index is 11.8. The Hall–Kier alpha value is -0.420. The van der Waals surface area contributed by atoms with E-state index in [0.717, 1.165) is 19.3 Å². The van der Waals surface area contributed by atoms with E-state index >= 15 is 0 Å². The van der Waals surface area contributed by atoms with Crippen molar-refractivity contribution in [1.29, 1.82) is 0 Å². The minimum Gasteiger partial charge on any atom is -0.352 e. The van der Waals surface area contributed by atoms with Gasteiger partial charge in [-0.1, -0.05) is 20.3 Å². The number of carbonyl (C=O) groups is 1. The smallest absolute Gasteiger partial charge is 0.237 e. The molecule has 0 unspecified atom stereocenters. The average Bonchev–Trinajstić information content (AvgIpc) is 2.30. The SMILES string of the molecule is CC[C@H](C)[C@H](N)C(=O)NC1CCS(=O)CC1. The Morgan fingerprint density at radius 3 is 2.56 bits per heavy atom. The minimum atomic E-state index is -0.679. The van der Waals surface area contributed by atoms with Gasteiger partial charge in [0.1, 0.15) is 0 Å². The highest BCUT2D eigenvalue weighted by atomic mass is 32.2. The third kappa shape index (κ3) is 3.87.